The summed E-state index contributed by atoms with van der Waals surface area (Å²) in [5.74, 6) is 0.351. The van der Waals surface area contributed by atoms with Gasteiger partial charge in [0.15, 0.2) is 0 Å². The Bertz CT molecular complexity index is 243. The minimum atomic E-state index is 0.351. The SMILES string of the molecule is CN(C(=O)CCC1CCCCN1)C1CCCC1. The van der Waals surface area contributed by atoms with Gasteiger partial charge in [0, 0.05) is 25.6 Å². The zero-order chi connectivity index (χ0) is 12.1. The number of rotatable bonds is 4. The summed E-state index contributed by atoms with van der Waals surface area (Å²) in [5.41, 5.74) is 0. The van der Waals surface area contributed by atoms with Crippen LogP contribution in [0.25, 0.3) is 0 Å². The summed E-state index contributed by atoms with van der Waals surface area (Å²) in [7, 11) is 1.99. The molecule has 1 heterocycles. The average Bonchev–Trinajstić information content (AvgIpc) is 2.90. The van der Waals surface area contributed by atoms with Gasteiger partial charge >= 0.3 is 0 Å². The summed E-state index contributed by atoms with van der Waals surface area (Å²) in [6, 6.07) is 1.12. The lowest BCUT2D eigenvalue weighted by Crippen LogP contribution is -2.38. The first-order valence-corrected chi connectivity index (χ1v) is 7.26. The van der Waals surface area contributed by atoms with Gasteiger partial charge in [0.1, 0.15) is 0 Å². The van der Waals surface area contributed by atoms with Gasteiger partial charge in [0.25, 0.3) is 0 Å². The van der Waals surface area contributed by atoms with E-state index in [-0.39, 0.29) is 0 Å². The number of carbonyl (C=O) groups excluding carboxylic acids is 1. The molecule has 1 saturated heterocycles. The third kappa shape index (κ3) is 3.70. The second-order valence-electron chi connectivity index (χ2n) is 5.63. The summed E-state index contributed by atoms with van der Waals surface area (Å²) in [5, 5.41) is 3.51. The van der Waals surface area contributed by atoms with Gasteiger partial charge in [-0.1, -0.05) is 19.3 Å². The van der Waals surface area contributed by atoms with Crippen LogP contribution in [0.5, 0.6) is 0 Å². The van der Waals surface area contributed by atoms with Crippen molar-refractivity contribution in [1.82, 2.24) is 10.2 Å². The fraction of sp³-hybridized carbons (Fsp3) is 0.929. The van der Waals surface area contributed by atoms with Gasteiger partial charge in [-0.05, 0) is 38.6 Å². The summed E-state index contributed by atoms with van der Waals surface area (Å²) in [6.45, 7) is 1.14. The van der Waals surface area contributed by atoms with Crippen molar-refractivity contribution in [3.63, 3.8) is 0 Å². The van der Waals surface area contributed by atoms with Crippen molar-refractivity contribution in [2.75, 3.05) is 13.6 Å². The molecule has 2 aliphatic rings. The van der Waals surface area contributed by atoms with Crippen LogP contribution in [0.15, 0.2) is 0 Å². The number of nitrogens with one attached hydrogen (secondary N) is 1. The Balaban J connectivity index is 1.68. The summed E-state index contributed by atoms with van der Waals surface area (Å²) < 4.78 is 0. The molecule has 17 heavy (non-hydrogen) atoms. The van der Waals surface area contributed by atoms with Crippen molar-refractivity contribution in [2.45, 2.75) is 69.9 Å². The largest absolute Gasteiger partial charge is 0.343 e. The molecular formula is C14H26N2O. The Morgan fingerprint density at radius 2 is 1.88 bits per heavy atom. The summed E-state index contributed by atoms with van der Waals surface area (Å²) in [6.07, 6.45) is 10.6. The van der Waals surface area contributed by atoms with Crippen LogP contribution in [-0.2, 0) is 4.79 Å². The van der Waals surface area contributed by atoms with Gasteiger partial charge in [-0.3, -0.25) is 4.79 Å². The first-order chi connectivity index (χ1) is 8.27. The summed E-state index contributed by atoms with van der Waals surface area (Å²) >= 11 is 0. The smallest absolute Gasteiger partial charge is 0.222 e. The molecule has 1 aliphatic heterocycles. The van der Waals surface area contributed by atoms with E-state index in [4.69, 9.17) is 0 Å². The molecule has 1 unspecified atom stereocenters. The molecule has 3 nitrogen and oxygen atoms in total. The molecule has 2 rings (SSSR count). The molecule has 1 amide bonds. The molecule has 0 aromatic carbocycles. The highest BCUT2D eigenvalue weighted by Gasteiger charge is 2.23. The zero-order valence-corrected chi connectivity index (χ0v) is 11.1. The zero-order valence-electron chi connectivity index (χ0n) is 11.1. The van der Waals surface area contributed by atoms with Crippen molar-refractivity contribution < 1.29 is 4.79 Å². The Hall–Kier alpha value is -0.570. The Morgan fingerprint density at radius 3 is 2.53 bits per heavy atom. The maximum absolute atomic E-state index is 12.1. The number of amides is 1. The maximum Gasteiger partial charge on any atom is 0.222 e. The molecule has 0 radical (unpaired) electrons. The fourth-order valence-corrected chi connectivity index (χ4v) is 3.14. The fourth-order valence-electron chi connectivity index (χ4n) is 3.14. The monoisotopic (exact) mass is 238 g/mol. The van der Waals surface area contributed by atoms with Gasteiger partial charge in [0.2, 0.25) is 5.91 Å². The van der Waals surface area contributed by atoms with E-state index in [9.17, 15) is 4.79 Å². The van der Waals surface area contributed by atoms with Crippen LogP contribution in [0.1, 0.15) is 57.8 Å². The van der Waals surface area contributed by atoms with E-state index in [2.05, 4.69) is 5.32 Å². The Labute approximate surface area is 105 Å². The molecule has 1 saturated carbocycles. The van der Waals surface area contributed by atoms with E-state index in [1.807, 2.05) is 11.9 Å². The van der Waals surface area contributed by atoms with Crippen LogP contribution < -0.4 is 5.32 Å². The molecule has 1 N–H and O–H groups in total. The number of piperidine rings is 1. The number of hydrogen-bond donors (Lipinski definition) is 1. The maximum atomic E-state index is 12.1. The molecule has 1 atom stereocenters. The normalized spacial score (nSPS) is 26.1. The van der Waals surface area contributed by atoms with Crippen LogP contribution in [0.2, 0.25) is 0 Å². The molecule has 2 fully saturated rings. The van der Waals surface area contributed by atoms with E-state index >= 15 is 0 Å². The van der Waals surface area contributed by atoms with Crippen molar-refractivity contribution >= 4 is 5.91 Å². The highest BCUT2D eigenvalue weighted by atomic mass is 16.2. The lowest BCUT2D eigenvalue weighted by atomic mass is 10.00. The topological polar surface area (TPSA) is 32.3 Å². The molecular weight excluding hydrogens is 212 g/mol. The number of hydrogen-bond acceptors (Lipinski definition) is 2. The second kappa shape index (κ2) is 6.39. The van der Waals surface area contributed by atoms with E-state index in [1.165, 1.54) is 44.9 Å². The number of carbonyl (C=O) groups is 1. The molecule has 0 aromatic heterocycles. The number of nitrogens with zero attached hydrogens (tertiary/aromatic N) is 1. The highest BCUT2D eigenvalue weighted by Crippen LogP contribution is 2.23. The van der Waals surface area contributed by atoms with Crippen LogP contribution in [-0.4, -0.2) is 36.5 Å². The van der Waals surface area contributed by atoms with Crippen LogP contribution in [0, 0.1) is 0 Å². The van der Waals surface area contributed by atoms with Crippen LogP contribution in [0.4, 0.5) is 0 Å². The van der Waals surface area contributed by atoms with E-state index in [0.29, 0.717) is 18.0 Å². The molecule has 3 heteroatoms. The lowest BCUT2D eigenvalue weighted by Gasteiger charge is -2.27. The molecule has 1 aliphatic carbocycles. The average molecular weight is 238 g/mol. The Kier molecular flexibility index (Phi) is 4.84. The van der Waals surface area contributed by atoms with Gasteiger partial charge in [-0.2, -0.15) is 0 Å². The van der Waals surface area contributed by atoms with Gasteiger partial charge in [-0.25, -0.2) is 0 Å². The van der Waals surface area contributed by atoms with Gasteiger partial charge < -0.3 is 10.2 Å². The quantitative estimate of drug-likeness (QED) is 0.815. The van der Waals surface area contributed by atoms with Crippen LogP contribution >= 0.6 is 0 Å². The molecule has 0 spiro atoms. The minimum Gasteiger partial charge on any atom is -0.343 e. The first-order valence-electron chi connectivity index (χ1n) is 7.26. The predicted octanol–water partition coefficient (Wildman–Crippen LogP) is 2.31. The van der Waals surface area contributed by atoms with E-state index in [0.717, 1.165) is 19.4 Å². The third-order valence-corrected chi connectivity index (χ3v) is 4.38. The van der Waals surface area contributed by atoms with Crippen molar-refractivity contribution in [1.29, 1.82) is 0 Å². The van der Waals surface area contributed by atoms with Gasteiger partial charge in [0.05, 0.1) is 0 Å². The van der Waals surface area contributed by atoms with E-state index in [1.54, 1.807) is 0 Å². The van der Waals surface area contributed by atoms with Crippen molar-refractivity contribution in [3.05, 3.63) is 0 Å². The third-order valence-electron chi connectivity index (χ3n) is 4.38. The van der Waals surface area contributed by atoms with Crippen molar-refractivity contribution in [3.8, 4) is 0 Å². The van der Waals surface area contributed by atoms with Crippen LogP contribution in [0.3, 0.4) is 0 Å². The minimum absolute atomic E-state index is 0.351. The molecule has 0 aromatic rings. The second-order valence-corrected chi connectivity index (χ2v) is 5.63. The molecule has 98 valence electrons. The van der Waals surface area contributed by atoms with E-state index < -0.39 is 0 Å². The molecule has 0 bridgehead atoms. The highest BCUT2D eigenvalue weighted by molar-refractivity contribution is 5.76. The lowest BCUT2D eigenvalue weighted by molar-refractivity contribution is -0.132. The first kappa shape index (κ1) is 12.9. The predicted molar refractivity (Wildman–Crippen MR) is 69.9 cm³/mol. The Morgan fingerprint density at radius 1 is 1.18 bits per heavy atom. The standard InChI is InChI=1S/C14H26N2O/c1-16(13-7-2-3-8-13)14(17)10-9-12-6-4-5-11-15-12/h12-13,15H,2-11H2,1H3. The summed E-state index contributed by atoms with van der Waals surface area (Å²) in [4.78, 5) is 14.1. The van der Waals surface area contributed by atoms with Gasteiger partial charge in [-0.15, -0.1) is 0 Å². The van der Waals surface area contributed by atoms with Crippen molar-refractivity contribution in [2.24, 2.45) is 0 Å².